The van der Waals surface area contributed by atoms with E-state index in [9.17, 15) is 13.2 Å². The largest absolute Gasteiger partial charge is 0.356 e. The van der Waals surface area contributed by atoms with Crippen LogP contribution >= 0.6 is 39.9 Å². The van der Waals surface area contributed by atoms with Crippen LogP contribution in [0.3, 0.4) is 0 Å². The lowest BCUT2D eigenvalue weighted by Gasteiger charge is -2.32. The van der Waals surface area contributed by atoms with Gasteiger partial charge in [-0.15, -0.1) is 24.0 Å². The van der Waals surface area contributed by atoms with Crippen molar-refractivity contribution in [2.75, 3.05) is 33.2 Å². The molecule has 0 aromatic heterocycles. The molecule has 154 valence electrons. The SMILES string of the molecule is CN=C(NCCCc1ccc(Br)cc1F)NC1CCN(CC(F)F)CC1.I. The third-order valence-electron chi connectivity index (χ3n) is 4.48. The van der Waals surface area contributed by atoms with E-state index in [2.05, 4.69) is 31.6 Å². The summed E-state index contributed by atoms with van der Waals surface area (Å²) in [6.45, 7) is 1.87. The highest BCUT2D eigenvalue weighted by Gasteiger charge is 2.21. The van der Waals surface area contributed by atoms with Gasteiger partial charge in [0.15, 0.2) is 5.96 Å². The molecule has 2 N–H and O–H groups in total. The number of aliphatic imine (C=N–C) groups is 1. The van der Waals surface area contributed by atoms with Gasteiger partial charge in [0.05, 0.1) is 6.54 Å². The highest BCUT2D eigenvalue weighted by Crippen LogP contribution is 2.16. The molecular weight excluding hydrogens is 536 g/mol. The lowest BCUT2D eigenvalue weighted by molar-refractivity contribution is 0.0744. The standard InChI is InChI=1S/C18H26BrF3N4.HI/c1-23-18(25-15-6-9-26(10-7-15)12-17(21)22)24-8-2-3-13-4-5-14(19)11-16(13)20;/h4-5,11,15,17H,2-3,6-10,12H2,1H3,(H2,23,24,25);1H. The minimum absolute atomic E-state index is 0. The molecule has 0 unspecified atom stereocenters. The zero-order valence-corrected chi connectivity index (χ0v) is 19.3. The van der Waals surface area contributed by atoms with Gasteiger partial charge < -0.3 is 10.6 Å². The normalized spacial score (nSPS) is 16.3. The van der Waals surface area contributed by atoms with Gasteiger partial charge in [0.2, 0.25) is 0 Å². The highest BCUT2D eigenvalue weighted by molar-refractivity contribution is 14.0. The number of rotatable bonds is 7. The monoisotopic (exact) mass is 562 g/mol. The van der Waals surface area contributed by atoms with Crippen molar-refractivity contribution < 1.29 is 13.2 Å². The van der Waals surface area contributed by atoms with Crippen molar-refractivity contribution in [1.29, 1.82) is 0 Å². The van der Waals surface area contributed by atoms with Gasteiger partial charge in [-0.05, 0) is 43.4 Å². The molecule has 1 aliphatic rings. The number of hydrogen-bond donors (Lipinski definition) is 2. The first-order valence-corrected chi connectivity index (χ1v) is 9.69. The average Bonchev–Trinajstić information content (AvgIpc) is 2.60. The van der Waals surface area contributed by atoms with Gasteiger partial charge in [-0.1, -0.05) is 22.0 Å². The van der Waals surface area contributed by atoms with E-state index in [-0.39, 0.29) is 42.4 Å². The van der Waals surface area contributed by atoms with E-state index in [0.717, 1.165) is 23.7 Å². The van der Waals surface area contributed by atoms with Gasteiger partial charge in [-0.3, -0.25) is 9.89 Å². The second kappa shape index (κ2) is 12.8. The fraction of sp³-hybridized carbons (Fsp3) is 0.611. The molecule has 1 heterocycles. The first kappa shape index (κ1) is 24.5. The zero-order valence-electron chi connectivity index (χ0n) is 15.4. The molecular formula is C18H27BrF3IN4. The molecule has 0 spiro atoms. The molecule has 4 nitrogen and oxygen atoms in total. The van der Waals surface area contributed by atoms with Gasteiger partial charge in [-0.25, -0.2) is 13.2 Å². The van der Waals surface area contributed by atoms with Crippen molar-refractivity contribution in [2.45, 2.75) is 38.2 Å². The average molecular weight is 563 g/mol. The Morgan fingerprint density at radius 2 is 2.04 bits per heavy atom. The van der Waals surface area contributed by atoms with Crippen molar-refractivity contribution in [3.8, 4) is 0 Å². The van der Waals surface area contributed by atoms with Crippen LogP contribution in [0.5, 0.6) is 0 Å². The summed E-state index contributed by atoms with van der Waals surface area (Å²) < 4.78 is 39.3. The van der Waals surface area contributed by atoms with Crippen LogP contribution in [0.4, 0.5) is 13.2 Å². The van der Waals surface area contributed by atoms with E-state index in [0.29, 0.717) is 37.6 Å². The summed E-state index contributed by atoms with van der Waals surface area (Å²) in [5.41, 5.74) is 0.698. The van der Waals surface area contributed by atoms with Crippen LogP contribution in [0.1, 0.15) is 24.8 Å². The molecule has 0 amide bonds. The molecule has 27 heavy (non-hydrogen) atoms. The summed E-state index contributed by atoms with van der Waals surface area (Å²) in [6, 6.07) is 5.34. The molecule has 1 aromatic rings. The van der Waals surface area contributed by atoms with Crippen LogP contribution in [0.25, 0.3) is 0 Å². The summed E-state index contributed by atoms with van der Waals surface area (Å²) in [5, 5.41) is 6.58. The Balaban J connectivity index is 0.00000364. The third kappa shape index (κ3) is 8.99. The summed E-state index contributed by atoms with van der Waals surface area (Å²) in [4.78, 5) is 6.00. The predicted octanol–water partition coefficient (Wildman–Crippen LogP) is 4.03. The Labute approximate surface area is 184 Å². The van der Waals surface area contributed by atoms with E-state index in [4.69, 9.17) is 0 Å². The highest BCUT2D eigenvalue weighted by atomic mass is 127. The van der Waals surface area contributed by atoms with Crippen LogP contribution < -0.4 is 10.6 Å². The minimum atomic E-state index is -2.27. The Morgan fingerprint density at radius 3 is 2.63 bits per heavy atom. The first-order chi connectivity index (χ1) is 12.5. The van der Waals surface area contributed by atoms with Crippen LogP contribution in [0, 0.1) is 5.82 Å². The Bertz CT molecular complexity index is 596. The summed E-state index contributed by atoms with van der Waals surface area (Å²) >= 11 is 3.25. The first-order valence-electron chi connectivity index (χ1n) is 8.89. The van der Waals surface area contributed by atoms with Crippen LogP contribution in [-0.2, 0) is 6.42 Å². The molecule has 0 bridgehead atoms. The van der Waals surface area contributed by atoms with Crippen molar-refractivity contribution >= 4 is 45.9 Å². The number of halogens is 5. The van der Waals surface area contributed by atoms with Gasteiger partial charge >= 0.3 is 0 Å². The van der Waals surface area contributed by atoms with Crippen LogP contribution in [0.2, 0.25) is 0 Å². The quantitative estimate of drug-likeness (QED) is 0.228. The molecule has 1 aromatic carbocycles. The van der Waals surface area contributed by atoms with Crippen molar-refractivity contribution in [2.24, 2.45) is 4.99 Å². The second-order valence-corrected chi connectivity index (χ2v) is 7.36. The minimum Gasteiger partial charge on any atom is -0.356 e. The van der Waals surface area contributed by atoms with E-state index < -0.39 is 6.43 Å². The molecule has 0 saturated carbocycles. The van der Waals surface area contributed by atoms with Crippen molar-refractivity contribution in [3.63, 3.8) is 0 Å². The summed E-state index contributed by atoms with van der Waals surface area (Å²) in [6.07, 6.45) is 0.792. The molecule has 1 fully saturated rings. The van der Waals surface area contributed by atoms with Crippen molar-refractivity contribution in [1.82, 2.24) is 15.5 Å². The molecule has 1 aliphatic heterocycles. The molecule has 0 aliphatic carbocycles. The lowest BCUT2D eigenvalue weighted by atomic mass is 10.1. The number of benzene rings is 1. The van der Waals surface area contributed by atoms with E-state index in [1.54, 1.807) is 18.0 Å². The van der Waals surface area contributed by atoms with Gasteiger partial charge in [0.1, 0.15) is 5.82 Å². The number of guanidine groups is 1. The fourth-order valence-electron chi connectivity index (χ4n) is 3.05. The van der Waals surface area contributed by atoms with Crippen LogP contribution in [-0.4, -0.2) is 56.6 Å². The van der Waals surface area contributed by atoms with Crippen LogP contribution in [0.15, 0.2) is 27.7 Å². The molecule has 0 radical (unpaired) electrons. The van der Waals surface area contributed by atoms with Gasteiger partial charge in [-0.2, -0.15) is 0 Å². The number of aryl methyl sites for hydroxylation is 1. The smallest absolute Gasteiger partial charge is 0.251 e. The van der Waals surface area contributed by atoms with E-state index in [1.165, 1.54) is 6.07 Å². The van der Waals surface area contributed by atoms with Gasteiger partial charge in [0, 0.05) is 37.2 Å². The summed E-state index contributed by atoms with van der Waals surface area (Å²) in [7, 11) is 1.70. The maximum atomic E-state index is 13.8. The molecule has 0 atom stereocenters. The fourth-order valence-corrected chi connectivity index (χ4v) is 3.39. The molecule has 9 heteroatoms. The maximum absolute atomic E-state index is 13.8. The van der Waals surface area contributed by atoms with E-state index >= 15 is 0 Å². The Hall–Kier alpha value is -0.550. The second-order valence-electron chi connectivity index (χ2n) is 6.45. The Morgan fingerprint density at radius 1 is 1.33 bits per heavy atom. The summed E-state index contributed by atoms with van der Waals surface area (Å²) in [5.74, 6) is 0.506. The predicted molar refractivity (Wildman–Crippen MR) is 118 cm³/mol. The number of nitrogens with zero attached hydrogens (tertiary/aromatic N) is 2. The zero-order chi connectivity index (χ0) is 18.9. The number of piperidine rings is 1. The number of likely N-dealkylation sites (tertiary alicyclic amines) is 1. The van der Waals surface area contributed by atoms with E-state index in [1.807, 2.05) is 6.07 Å². The lowest BCUT2D eigenvalue weighted by Crippen LogP contribution is -2.49. The number of nitrogens with one attached hydrogen (secondary N) is 2. The van der Waals surface area contributed by atoms with Gasteiger partial charge in [0.25, 0.3) is 6.43 Å². The topological polar surface area (TPSA) is 39.7 Å². The maximum Gasteiger partial charge on any atom is 0.251 e. The number of alkyl halides is 2. The van der Waals surface area contributed by atoms with Crippen molar-refractivity contribution in [3.05, 3.63) is 34.1 Å². The Kier molecular flexibility index (Phi) is 11.6. The molecule has 1 saturated heterocycles. The number of hydrogen-bond acceptors (Lipinski definition) is 2. The third-order valence-corrected chi connectivity index (χ3v) is 4.97. The molecule has 2 rings (SSSR count).